The third kappa shape index (κ3) is 3.58. The summed E-state index contributed by atoms with van der Waals surface area (Å²) >= 11 is 0. The highest BCUT2D eigenvalue weighted by Gasteiger charge is 2.17. The van der Waals surface area contributed by atoms with Crippen LogP contribution in [0.5, 0.6) is 0 Å². The van der Waals surface area contributed by atoms with Gasteiger partial charge >= 0.3 is 6.03 Å². The largest absolute Gasteiger partial charge is 0.328 e. The minimum Gasteiger partial charge on any atom is -0.328 e. The van der Waals surface area contributed by atoms with E-state index in [0.29, 0.717) is 5.82 Å². The van der Waals surface area contributed by atoms with Gasteiger partial charge in [0, 0.05) is 11.1 Å². The molecule has 2 rings (SSSR count). The molecule has 100 valence electrons. The Balaban J connectivity index is 1.98. The molecule has 0 radical (unpaired) electrons. The first kappa shape index (κ1) is 13.1. The van der Waals surface area contributed by atoms with Crippen LogP contribution in [-0.2, 0) is 5.41 Å². The summed E-state index contributed by atoms with van der Waals surface area (Å²) in [6.45, 7) is 6.17. The zero-order chi connectivity index (χ0) is 13.9. The average Bonchev–Trinajstić information content (AvgIpc) is 2.78. The third-order valence-corrected chi connectivity index (χ3v) is 2.57. The van der Waals surface area contributed by atoms with Crippen molar-refractivity contribution in [3.05, 3.63) is 42.4 Å². The maximum Gasteiger partial charge on any atom is 0.324 e. The molecular formula is C14H18N4O. The van der Waals surface area contributed by atoms with Crippen molar-refractivity contribution in [1.82, 2.24) is 9.97 Å². The van der Waals surface area contributed by atoms with Gasteiger partial charge in [0.1, 0.15) is 11.6 Å². The van der Waals surface area contributed by atoms with Crippen LogP contribution in [0.1, 0.15) is 26.6 Å². The summed E-state index contributed by atoms with van der Waals surface area (Å²) in [7, 11) is 0. The number of H-pyrrole nitrogens is 1. The molecule has 0 aliphatic rings. The van der Waals surface area contributed by atoms with Gasteiger partial charge in [-0.1, -0.05) is 39.0 Å². The van der Waals surface area contributed by atoms with Crippen LogP contribution >= 0.6 is 0 Å². The number of amides is 2. The molecule has 0 atom stereocenters. The van der Waals surface area contributed by atoms with E-state index in [1.165, 1.54) is 0 Å². The van der Waals surface area contributed by atoms with Crippen molar-refractivity contribution in [2.45, 2.75) is 26.2 Å². The summed E-state index contributed by atoms with van der Waals surface area (Å²) in [6.07, 6.45) is 1.62. The highest BCUT2D eigenvalue weighted by Crippen LogP contribution is 2.20. The standard InChI is InChI=1S/C14H18N4O/c1-14(2,3)12-15-9-11(17-12)18-13(19)16-10-7-5-4-6-8-10/h4-9H,1-3H3,(H,15,17)(H2,16,18,19). The van der Waals surface area contributed by atoms with E-state index in [-0.39, 0.29) is 11.4 Å². The van der Waals surface area contributed by atoms with E-state index in [9.17, 15) is 4.79 Å². The van der Waals surface area contributed by atoms with Crippen molar-refractivity contribution in [2.24, 2.45) is 0 Å². The molecule has 19 heavy (non-hydrogen) atoms. The smallest absolute Gasteiger partial charge is 0.324 e. The van der Waals surface area contributed by atoms with Gasteiger partial charge < -0.3 is 10.3 Å². The number of hydrogen-bond donors (Lipinski definition) is 3. The zero-order valence-electron chi connectivity index (χ0n) is 11.3. The molecule has 0 aliphatic carbocycles. The number of benzene rings is 1. The number of aromatic amines is 1. The molecule has 5 heteroatoms. The molecule has 0 aliphatic heterocycles. The number of para-hydroxylation sites is 1. The predicted octanol–water partition coefficient (Wildman–Crippen LogP) is 3.35. The molecule has 2 aromatic rings. The summed E-state index contributed by atoms with van der Waals surface area (Å²) in [4.78, 5) is 19.1. The lowest BCUT2D eigenvalue weighted by Crippen LogP contribution is -2.20. The molecule has 0 fully saturated rings. The molecule has 0 bridgehead atoms. The van der Waals surface area contributed by atoms with Gasteiger partial charge in [0.05, 0.1) is 6.20 Å². The number of aromatic nitrogens is 2. The lowest BCUT2D eigenvalue weighted by atomic mass is 9.96. The first-order valence-electron chi connectivity index (χ1n) is 6.14. The molecular weight excluding hydrogens is 240 g/mol. The number of nitrogens with one attached hydrogen (secondary N) is 3. The van der Waals surface area contributed by atoms with Crippen LogP contribution in [0.4, 0.5) is 16.3 Å². The van der Waals surface area contributed by atoms with E-state index in [2.05, 4.69) is 41.4 Å². The summed E-state index contributed by atoms with van der Waals surface area (Å²) < 4.78 is 0. The maximum absolute atomic E-state index is 11.8. The maximum atomic E-state index is 11.8. The number of anilines is 2. The van der Waals surface area contributed by atoms with Crippen LogP contribution in [0.15, 0.2) is 36.5 Å². The molecule has 0 saturated carbocycles. The van der Waals surface area contributed by atoms with E-state index in [1.807, 2.05) is 30.3 Å². The highest BCUT2D eigenvalue weighted by molar-refractivity contribution is 5.99. The van der Waals surface area contributed by atoms with E-state index in [0.717, 1.165) is 11.5 Å². The Bertz CT molecular complexity index is 554. The summed E-state index contributed by atoms with van der Waals surface area (Å²) in [5, 5.41) is 5.46. The SMILES string of the molecule is CC(C)(C)c1ncc(NC(=O)Nc2ccccc2)[nH]1. The Hall–Kier alpha value is -2.30. The lowest BCUT2D eigenvalue weighted by Gasteiger charge is -2.14. The Labute approximate surface area is 112 Å². The van der Waals surface area contributed by atoms with Crippen LogP contribution in [0, 0.1) is 0 Å². The van der Waals surface area contributed by atoms with Crippen LogP contribution < -0.4 is 10.6 Å². The van der Waals surface area contributed by atoms with Gasteiger partial charge in [-0.15, -0.1) is 0 Å². The van der Waals surface area contributed by atoms with Gasteiger partial charge in [-0.3, -0.25) is 5.32 Å². The van der Waals surface area contributed by atoms with E-state index in [4.69, 9.17) is 0 Å². The first-order chi connectivity index (χ1) is 8.95. The van der Waals surface area contributed by atoms with Crippen molar-refractivity contribution >= 4 is 17.5 Å². The number of carbonyl (C=O) groups is 1. The van der Waals surface area contributed by atoms with Gasteiger partial charge in [-0.2, -0.15) is 0 Å². The second kappa shape index (κ2) is 5.14. The molecule has 5 nitrogen and oxygen atoms in total. The lowest BCUT2D eigenvalue weighted by molar-refractivity contribution is 0.262. The van der Waals surface area contributed by atoms with E-state index in [1.54, 1.807) is 6.20 Å². The fourth-order valence-electron chi connectivity index (χ4n) is 1.57. The second-order valence-corrected chi connectivity index (χ2v) is 5.34. The van der Waals surface area contributed by atoms with Gasteiger partial charge in [-0.05, 0) is 12.1 Å². The molecule has 1 aromatic carbocycles. The topological polar surface area (TPSA) is 69.8 Å². The minimum atomic E-state index is -0.296. The minimum absolute atomic E-state index is 0.0736. The fraction of sp³-hybridized carbons (Fsp3) is 0.286. The Morgan fingerprint density at radius 3 is 2.42 bits per heavy atom. The van der Waals surface area contributed by atoms with Crippen LogP contribution in [0.3, 0.4) is 0 Å². The molecule has 0 unspecified atom stereocenters. The third-order valence-electron chi connectivity index (χ3n) is 2.57. The molecule has 0 saturated heterocycles. The Morgan fingerprint density at radius 2 is 1.84 bits per heavy atom. The quantitative estimate of drug-likeness (QED) is 0.773. The number of urea groups is 1. The van der Waals surface area contributed by atoms with Crippen molar-refractivity contribution in [1.29, 1.82) is 0 Å². The summed E-state index contributed by atoms with van der Waals surface area (Å²) in [5.41, 5.74) is 0.672. The number of imidazole rings is 1. The van der Waals surface area contributed by atoms with Gasteiger partial charge in [0.15, 0.2) is 0 Å². The van der Waals surface area contributed by atoms with Crippen molar-refractivity contribution in [2.75, 3.05) is 10.6 Å². The Morgan fingerprint density at radius 1 is 1.16 bits per heavy atom. The highest BCUT2D eigenvalue weighted by atomic mass is 16.2. The van der Waals surface area contributed by atoms with Crippen LogP contribution in [0.25, 0.3) is 0 Å². The van der Waals surface area contributed by atoms with Crippen molar-refractivity contribution in [3.8, 4) is 0 Å². The van der Waals surface area contributed by atoms with Gasteiger partial charge in [0.2, 0.25) is 0 Å². The number of hydrogen-bond acceptors (Lipinski definition) is 2. The molecule has 2 amide bonds. The van der Waals surface area contributed by atoms with E-state index >= 15 is 0 Å². The summed E-state index contributed by atoms with van der Waals surface area (Å²) in [6, 6.07) is 8.98. The first-order valence-corrected chi connectivity index (χ1v) is 6.14. The number of carbonyl (C=O) groups excluding carboxylic acids is 1. The molecule has 3 N–H and O–H groups in total. The molecule has 1 aromatic heterocycles. The number of nitrogens with zero attached hydrogens (tertiary/aromatic N) is 1. The van der Waals surface area contributed by atoms with Gasteiger partial charge in [0.25, 0.3) is 0 Å². The van der Waals surface area contributed by atoms with Gasteiger partial charge in [-0.25, -0.2) is 9.78 Å². The van der Waals surface area contributed by atoms with Crippen molar-refractivity contribution < 1.29 is 4.79 Å². The Kier molecular flexibility index (Phi) is 3.55. The molecule has 0 spiro atoms. The predicted molar refractivity (Wildman–Crippen MR) is 76.4 cm³/mol. The fourth-order valence-corrected chi connectivity index (χ4v) is 1.57. The number of rotatable bonds is 2. The second-order valence-electron chi connectivity index (χ2n) is 5.34. The average molecular weight is 258 g/mol. The van der Waals surface area contributed by atoms with E-state index < -0.39 is 0 Å². The summed E-state index contributed by atoms with van der Waals surface area (Å²) in [5.74, 6) is 1.42. The molecule has 1 heterocycles. The monoisotopic (exact) mass is 258 g/mol. The van der Waals surface area contributed by atoms with Crippen LogP contribution in [-0.4, -0.2) is 16.0 Å². The van der Waals surface area contributed by atoms with Crippen LogP contribution in [0.2, 0.25) is 0 Å². The normalized spacial score (nSPS) is 11.1. The zero-order valence-corrected chi connectivity index (χ0v) is 11.3. The van der Waals surface area contributed by atoms with Crippen molar-refractivity contribution in [3.63, 3.8) is 0 Å².